The molecule has 0 saturated carbocycles. The van der Waals surface area contributed by atoms with Crippen LogP contribution in [0.2, 0.25) is 0 Å². The molecule has 0 amide bonds. The highest BCUT2D eigenvalue weighted by Gasteiger charge is 2.19. The van der Waals surface area contributed by atoms with Crippen molar-refractivity contribution in [3.05, 3.63) is 29.6 Å². The average molecular weight is 268 g/mol. The van der Waals surface area contributed by atoms with Gasteiger partial charge in [0, 0.05) is 13.1 Å². The number of hydrogen-bond acceptors (Lipinski definition) is 3. The summed E-state index contributed by atoms with van der Waals surface area (Å²) in [7, 11) is 3.51. The van der Waals surface area contributed by atoms with Crippen molar-refractivity contribution >= 4 is 0 Å². The van der Waals surface area contributed by atoms with Crippen LogP contribution in [0, 0.1) is 11.2 Å². The molecular formula is C15H25FN2O. The van der Waals surface area contributed by atoms with Gasteiger partial charge in [-0.05, 0) is 43.1 Å². The molecule has 0 aromatic heterocycles. The van der Waals surface area contributed by atoms with Crippen LogP contribution in [-0.2, 0) is 6.54 Å². The van der Waals surface area contributed by atoms with Gasteiger partial charge in [0.2, 0.25) is 0 Å². The van der Waals surface area contributed by atoms with E-state index in [1.807, 2.05) is 13.1 Å². The predicted molar refractivity (Wildman–Crippen MR) is 76.7 cm³/mol. The summed E-state index contributed by atoms with van der Waals surface area (Å²) in [6.07, 6.45) is 0.980. The standard InChI is InChI=1S/C15H25FN2O/c1-15(2,7-8-17)11-18(3)10-12-5-6-14(19-4)13(16)9-12/h5-6,9H,7-8,10-11,17H2,1-4H3. The molecule has 2 N–H and O–H groups in total. The highest BCUT2D eigenvalue weighted by atomic mass is 19.1. The number of rotatable bonds is 7. The van der Waals surface area contributed by atoms with Crippen molar-refractivity contribution < 1.29 is 9.13 Å². The fourth-order valence-electron chi connectivity index (χ4n) is 2.38. The van der Waals surface area contributed by atoms with Gasteiger partial charge in [0.15, 0.2) is 11.6 Å². The van der Waals surface area contributed by atoms with E-state index >= 15 is 0 Å². The zero-order valence-corrected chi connectivity index (χ0v) is 12.4. The molecule has 0 aliphatic carbocycles. The van der Waals surface area contributed by atoms with E-state index in [-0.39, 0.29) is 17.0 Å². The smallest absolute Gasteiger partial charge is 0.165 e. The minimum absolute atomic E-state index is 0.175. The highest BCUT2D eigenvalue weighted by Crippen LogP contribution is 2.22. The van der Waals surface area contributed by atoms with Crippen LogP contribution in [0.1, 0.15) is 25.8 Å². The first kappa shape index (κ1) is 15.9. The second kappa shape index (κ2) is 6.87. The molecule has 3 nitrogen and oxygen atoms in total. The lowest BCUT2D eigenvalue weighted by molar-refractivity contribution is 0.194. The Labute approximate surface area is 115 Å². The first-order chi connectivity index (χ1) is 8.88. The Bertz CT molecular complexity index is 407. The van der Waals surface area contributed by atoms with E-state index in [1.54, 1.807) is 6.07 Å². The number of benzene rings is 1. The molecule has 0 atom stereocenters. The molecule has 0 spiro atoms. The van der Waals surface area contributed by atoms with Crippen LogP contribution >= 0.6 is 0 Å². The Morgan fingerprint density at radius 3 is 2.58 bits per heavy atom. The van der Waals surface area contributed by atoms with Gasteiger partial charge in [0.05, 0.1) is 7.11 Å². The van der Waals surface area contributed by atoms with Crippen LogP contribution in [-0.4, -0.2) is 32.1 Å². The molecule has 0 aliphatic rings. The Balaban J connectivity index is 2.62. The Kier molecular flexibility index (Phi) is 5.76. The second-order valence-electron chi connectivity index (χ2n) is 5.84. The van der Waals surface area contributed by atoms with E-state index in [0.717, 1.165) is 25.1 Å². The first-order valence-corrected chi connectivity index (χ1v) is 6.59. The maximum absolute atomic E-state index is 13.6. The van der Waals surface area contributed by atoms with Crippen molar-refractivity contribution in [3.8, 4) is 5.75 Å². The Morgan fingerprint density at radius 2 is 2.05 bits per heavy atom. The zero-order valence-electron chi connectivity index (χ0n) is 12.4. The van der Waals surface area contributed by atoms with Crippen molar-refractivity contribution in [1.29, 1.82) is 0 Å². The monoisotopic (exact) mass is 268 g/mol. The molecule has 0 aliphatic heterocycles. The van der Waals surface area contributed by atoms with Gasteiger partial charge >= 0.3 is 0 Å². The lowest BCUT2D eigenvalue weighted by Gasteiger charge is -2.30. The summed E-state index contributed by atoms with van der Waals surface area (Å²) in [6.45, 7) is 6.74. The number of nitrogens with two attached hydrogens (primary N) is 1. The largest absolute Gasteiger partial charge is 0.494 e. The number of halogens is 1. The second-order valence-corrected chi connectivity index (χ2v) is 5.84. The Hall–Kier alpha value is -1.13. The maximum atomic E-state index is 13.6. The summed E-state index contributed by atoms with van der Waals surface area (Å²) in [5.74, 6) is -0.0236. The molecule has 0 unspecified atom stereocenters. The molecule has 1 rings (SSSR count). The number of methoxy groups -OCH3 is 1. The third kappa shape index (κ3) is 5.17. The van der Waals surface area contributed by atoms with Crippen LogP contribution < -0.4 is 10.5 Å². The topological polar surface area (TPSA) is 38.5 Å². The van der Waals surface area contributed by atoms with E-state index in [2.05, 4.69) is 18.7 Å². The van der Waals surface area contributed by atoms with Gasteiger partial charge < -0.3 is 15.4 Å². The summed E-state index contributed by atoms with van der Waals surface area (Å²) in [5, 5.41) is 0. The van der Waals surface area contributed by atoms with Crippen LogP contribution in [0.25, 0.3) is 0 Å². The molecule has 0 bridgehead atoms. The van der Waals surface area contributed by atoms with Crippen LogP contribution in [0.4, 0.5) is 4.39 Å². The molecule has 1 aromatic carbocycles. The van der Waals surface area contributed by atoms with Gasteiger partial charge in [0.1, 0.15) is 0 Å². The zero-order chi connectivity index (χ0) is 14.5. The summed E-state index contributed by atoms with van der Waals surface area (Å²) in [6, 6.07) is 5.10. The van der Waals surface area contributed by atoms with Gasteiger partial charge in [-0.25, -0.2) is 4.39 Å². The third-order valence-electron chi connectivity index (χ3n) is 3.19. The van der Waals surface area contributed by atoms with Crippen molar-refractivity contribution in [1.82, 2.24) is 4.90 Å². The molecule has 108 valence electrons. The van der Waals surface area contributed by atoms with Gasteiger partial charge in [0.25, 0.3) is 0 Å². The van der Waals surface area contributed by atoms with E-state index in [0.29, 0.717) is 6.54 Å². The van der Waals surface area contributed by atoms with Gasteiger partial charge in [-0.2, -0.15) is 0 Å². The van der Waals surface area contributed by atoms with E-state index < -0.39 is 0 Å². The number of ether oxygens (including phenoxy) is 1. The Morgan fingerprint density at radius 1 is 1.37 bits per heavy atom. The molecule has 0 saturated heterocycles. The highest BCUT2D eigenvalue weighted by molar-refractivity contribution is 5.29. The van der Waals surface area contributed by atoms with Crippen molar-refractivity contribution in [2.45, 2.75) is 26.8 Å². The molecule has 4 heteroatoms. The van der Waals surface area contributed by atoms with Gasteiger partial charge in [-0.1, -0.05) is 19.9 Å². The first-order valence-electron chi connectivity index (χ1n) is 6.59. The van der Waals surface area contributed by atoms with Crippen molar-refractivity contribution in [2.24, 2.45) is 11.1 Å². The van der Waals surface area contributed by atoms with Crippen molar-refractivity contribution in [2.75, 3.05) is 27.2 Å². The van der Waals surface area contributed by atoms with Gasteiger partial charge in [-0.3, -0.25) is 0 Å². The minimum Gasteiger partial charge on any atom is -0.494 e. The fraction of sp³-hybridized carbons (Fsp3) is 0.600. The molecule has 1 aromatic rings. The lowest BCUT2D eigenvalue weighted by Crippen LogP contribution is -2.32. The SMILES string of the molecule is COc1ccc(CN(C)CC(C)(C)CCN)cc1F. The molecule has 0 radical (unpaired) electrons. The van der Waals surface area contributed by atoms with Crippen LogP contribution in [0.5, 0.6) is 5.75 Å². The minimum atomic E-state index is -0.311. The molecule has 0 heterocycles. The van der Waals surface area contributed by atoms with E-state index in [1.165, 1.54) is 13.2 Å². The van der Waals surface area contributed by atoms with E-state index in [4.69, 9.17) is 10.5 Å². The molecule has 19 heavy (non-hydrogen) atoms. The summed E-state index contributed by atoms with van der Waals surface area (Å²) >= 11 is 0. The molecule has 0 fully saturated rings. The summed E-state index contributed by atoms with van der Waals surface area (Å²) in [5.41, 5.74) is 6.74. The summed E-state index contributed by atoms with van der Waals surface area (Å²) in [4.78, 5) is 2.19. The fourth-order valence-corrected chi connectivity index (χ4v) is 2.38. The quantitative estimate of drug-likeness (QED) is 0.826. The molecular weight excluding hydrogens is 243 g/mol. The van der Waals surface area contributed by atoms with Crippen molar-refractivity contribution in [3.63, 3.8) is 0 Å². The third-order valence-corrected chi connectivity index (χ3v) is 3.19. The van der Waals surface area contributed by atoms with E-state index in [9.17, 15) is 4.39 Å². The number of hydrogen-bond donors (Lipinski definition) is 1. The number of nitrogens with zero attached hydrogens (tertiary/aromatic N) is 1. The summed E-state index contributed by atoms with van der Waals surface area (Å²) < 4.78 is 18.5. The average Bonchev–Trinajstić information content (AvgIpc) is 2.27. The normalized spacial score (nSPS) is 11.9. The predicted octanol–water partition coefficient (Wildman–Crippen LogP) is 2.64. The maximum Gasteiger partial charge on any atom is 0.165 e. The van der Waals surface area contributed by atoms with Crippen LogP contribution in [0.15, 0.2) is 18.2 Å². The van der Waals surface area contributed by atoms with Gasteiger partial charge in [-0.15, -0.1) is 0 Å². The van der Waals surface area contributed by atoms with Crippen LogP contribution in [0.3, 0.4) is 0 Å². The lowest BCUT2D eigenvalue weighted by atomic mass is 9.89.